The van der Waals surface area contributed by atoms with Gasteiger partial charge in [0.2, 0.25) is 5.01 Å². The van der Waals surface area contributed by atoms with E-state index in [-0.39, 0.29) is 42.4 Å². The molecule has 5 nitrogen and oxygen atoms in total. The number of hydrogen-bond donors (Lipinski definition) is 2. The number of fused-ring (bicyclic) bond motifs is 2. The molecule has 2 aromatic heterocycles. The molecule has 0 spiro atoms. The predicted octanol–water partition coefficient (Wildman–Crippen LogP) is 3.77. The SMILES string of the molecule is Cl.Cl.Fc1cccc(CCC2CN(C3=c4ncccc4=CNc4sc(C(F)(F)F)nc43)CCN2)c1. The normalized spacial score (nSPS) is 17.1. The Kier molecular flexibility index (Phi) is 8.63. The largest absolute Gasteiger partial charge is 0.443 e. The molecule has 0 bridgehead atoms. The molecule has 1 unspecified atom stereocenters. The molecule has 0 aliphatic carbocycles. The van der Waals surface area contributed by atoms with Gasteiger partial charge < -0.3 is 15.5 Å². The van der Waals surface area contributed by atoms with Crippen LogP contribution >= 0.6 is 36.2 Å². The number of thiazole rings is 1. The zero-order chi connectivity index (χ0) is 23.0. The van der Waals surface area contributed by atoms with Gasteiger partial charge in [-0.2, -0.15) is 13.2 Å². The Labute approximate surface area is 215 Å². The molecule has 0 saturated carbocycles. The molecule has 1 saturated heterocycles. The molecule has 1 aromatic carbocycles. The summed E-state index contributed by atoms with van der Waals surface area (Å²) in [4.78, 5) is 10.6. The van der Waals surface area contributed by atoms with Gasteiger partial charge in [0.05, 0.1) is 11.0 Å². The summed E-state index contributed by atoms with van der Waals surface area (Å²) in [6.07, 6.45) is 0.259. The van der Waals surface area contributed by atoms with Gasteiger partial charge in [-0.3, -0.25) is 4.98 Å². The number of piperazine rings is 1. The molecule has 5 rings (SSSR count). The van der Waals surface area contributed by atoms with Gasteiger partial charge in [-0.1, -0.05) is 23.5 Å². The molecule has 1 atom stereocenters. The molecule has 12 heteroatoms. The second-order valence-electron chi connectivity index (χ2n) is 8.04. The first-order valence-corrected chi connectivity index (χ1v) is 11.4. The van der Waals surface area contributed by atoms with Crippen LogP contribution in [-0.2, 0) is 12.6 Å². The third kappa shape index (κ3) is 5.88. The Morgan fingerprint density at radius 1 is 1.14 bits per heavy atom. The Balaban J connectivity index is 0.00000171. The Morgan fingerprint density at radius 3 is 2.74 bits per heavy atom. The number of nitrogens with zero attached hydrogens (tertiary/aromatic N) is 3. The summed E-state index contributed by atoms with van der Waals surface area (Å²) in [5, 5.41) is 7.34. The van der Waals surface area contributed by atoms with Crippen molar-refractivity contribution in [2.24, 2.45) is 0 Å². The van der Waals surface area contributed by atoms with E-state index in [2.05, 4.69) is 25.5 Å². The van der Waals surface area contributed by atoms with E-state index in [0.29, 0.717) is 53.4 Å². The molecule has 2 aliphatic heterocycles. The molecular weight excluding hydrogens is 525 g/mol. The fraction of sp³-hybridized carbons (Fsp3) is 0.304. The van der Waals surface area contributed by atoms with E-state index in [1.807, 2.05) is 12.1 Å². The molecule has 3 aromatic rings. The quantitative estimate of drug-likeness (QED) is 0.487. The van der Waals surface area contributed by atoms with Crippen LogP contribution in [-0.4, -0.2) is 40.5 Å². The van der Waals surface area contributed by atoms with E-state index < -0.39 is 11.2 Å². The van der Waals surface area contributed by atoms with Crippen LogP contribution in [0.4, 0.5) is 22.6 Å². The van der Waals surface area contributed by atoms with Crippen LogP contribution in [0.5, 0.6) is 0 Å². The Morgan fingerprint density at radius 2 is 1.97 bits per heavy atom. The highest BCUT2D eigenvalue weighted by molar-refractivity contribution is 7.16. The summed E-state index contributed by atoms with van der Waals surface area (Å²) in [6, 6.07) is 10.3. The number of pyridine rings is 1. The lowest BCUT2D eigenvalue weighted by molar-refractivity contribution is -0.137. The summed E-state index contributed by atoms with van der Waals surface area (Å²) in [7, 11) is 0. The topological polar surface area (TPSA) is 53.1 Å². The van der Waals surface area contributed by atoms with Crippen molar-refractivity contribution < 1.29 is 17.6 Å². The highest BCUT2D eigenvalue weighted by Crippen LogP contribution is 2.39. The van der Waals surface area contributed by atoms with Crippen LogP contribution < -0.4 is 21.2 Å². The zero-order valence-electron chi connectivity index (χ0n) is 18.3. The lowest BCUT2D eigenvalue weighted by Gasteiger charge is -2.36. The summed E-state index contributed by atoms with van der Waals surface area (Å²) >= 11 is 0.599. The maximum absolute atomic E-state index is 13.5. The first-order chi connectivity index (χ1) is 15.9. The maximum Gasteiger partial charge on any atom is 0.443 e. The van der Waals surface area contributed by atoms with E-state index in [1.54, 1.807) is 24.5 Å². The average molecular weight is 548 g/mol. The molecular formula is C23H23Cl2F4N5S. The monoisotopic (exact) mass is 547 g/mol. The van der Waals surface area contributed by atoms with Crippen molar-refractivity contribution in [2.75, 3.05) is 25.0 Å². The van der Waals surface area contributed by atoms with Crippen molar-refractivity contribution in [2.45, 2.75) is 25.1 Å². The first kappa shape index (κ1) is 27.2. The van der Waals surface area contributed by atoms with E-state index >= 15 is 0 Å². The van der Waals surface area contributed by atoms with Crippen LogP contribution in [0, 0.1) is 5.82 Å². The number of benzene rings is 1. The number of alkyl halides is 3. The third-order valence-corrected chi connectivity index (χ3v) is 6.79. The molecule has 2 aliphatic rings. The first-order valence-electron chi connectivity index (χ1n) is 10.6. The standard InChI is InChI=1S/C23H21F4N5S.2ClH/c24-16-5-1-3-14(11-16)6-7-17-13-32(10-9-28-17)20-18-15(4-2-8-29-18)12-30-21-19(20)31-22(33-21)23(25,26)27;;/h1-5,8,11-12,17,28,30H,6-7,9-10,13H2;2*1H. The van der Waals surface area contributed by atoms with E-state index in [0.717, 1.165) is 17.2 Å². The number of aryl methyl sites for hydroxylation is 1. The van der Waals surface area contributed by atoms with Gasteiger partial charge in [0.1, 0.15) is 16.5 Å². The van der Waals surface area contributed by atoms with Crippen LogP contribution in [0.2, 0.25) is 0 Å². The highest BCUT2D eigenvalue weighted by Gasteiger charge is 2.38. The van der Waals surface area contributed by atoms with Crippen molar-refractivity contribution in [3.05, 3.63) is 75.2 Å². The van der Waals surface area contributed by atoms with Crippen molar-refractivity contribution in [3.8, 4) is 0 Å². The smallest absolute Gasteiger partial charge is 0.365 e. The van der Waals surface area contributed by atoms with Crippen LogP contribution in [0.25, 0.3) is 11.9 Å². The summed E-state index contributed by atoms with van der Waals surface area (Å²) < 4.78 is 53.8. The molecule has 1 fully saturated rings. The molecule has 2 N–H and O–H groups in total. The number of halogens is 6. The van der Waals surface area contributed by atoms with Crippen LogP contribution in [0.15, 0.2) is 42.6 Å². The van der Waals surface area contributed by atoms with E-state index in [9.17, 15) is 17.6 Å². The lowest BCUT2D eigenvalue weighted by Crippen LogP contribution is -2.52. The van der Waals surface area contributed by atoms with Crippen molar-refractivity contribution in [3.63, 3.8) is 0 Å². The fourth-order valence-corrected chi connectivity index (χ4v) is 5.04. The zero-order valence-corrected chi connectivity index (χ0v) is 20.8. The molecule has 0 amide bonds. The highest BCUT2D eigenvalue weighted by atomic mass is 35.5. The molecule has 4 heterocycles. The summed E-state index contributed by atoms with van der Waals surface area (Å²) in [6.45, 7) is 1.86. The number of anilines is 1. The van der Waals surface area contributed by atoms with Gasteiger partial charge in [-0.25, -0.2) is 9.37 Å². The van der Waals surface area contributed by atoms with Crippen molar-refractivity contribution >= 4 is 53.0 Å². The minimum absolute atomic E-state index is 0. The number of nitrogens with one attached hydrogen (secondary N) is 2. The van der Waals surface area contributed by atoms with Gasteiger partial charge in [0.15, 0.2) is 0 Å². The summed E-state index contributed by atoms with van der Waals surface area (Å²) in [5.74, 6) is -0.261. The number of aromatic nitrogens is 2. The lowest BCUT2D eigenvalue weighted by atomic mass is 10.0. The minimum atomic E-state index is -4.52. The maximum atomic E-state index is 13.5. The molecule has 188 valence electrons. The predicted molar refractivity (Wildman–Crippen MR) is 134 cm³/mol. The van der Waals surface area contributed by atoms with Crippen LogP contribution in [0.1, 0.15) is 22.7 Å². The van der Waals surface area contributed by atoms with Gasteiger partial charge in [0.25, 0.3) is 0 Å². The minimum Gasteiger partial charge on any atom is -0.365 e. The Hall–Kier alpha value is -2.40. The van der Waals surface area contributed by atoms with E-state index in [4.69, 9.17) is 0 Å². The van der Waals surface area contributed by atoms with E-state index in [1.165, 1.54) is 12.1 Å². The second kappa shape index (κ2) is 11.1. The summed E-state index contributed by atoms with van der Waals surface area (Å²) in [5.41, 5.74) is 1.79. The molecule has 0 radical (unpaired) electrons. The van der Waals surface area contributed by atoms with Crippen molar-refractivity contribution in [1.82, 2.24) is 20.2 Å². The third-order valence-electron chi connectivity index (χ3n) is 5.76. The van der Waals surface area contributed by atoms with Gasteiger partial charge in [0, 0.05) is 43.3 Å². The van der Waals surface area contributed by atoms with Gasteiger partial charge in [-0.15, -0.1) is 24.8 Å². The van der Waals surface area contributed by atoms with Gasteiger partial charge in [-0.05, 0) is 42.7 Å². The fourth-order valence-electron chi connectivity index (χ4n) is 4.24. The van der Waals surface area contributed by atoms with Crippen LogP contribution in [0.3, 0.4) is 0 Å². The molecule has 35 heavy (non-hydrogen) atoms. The second-order valence-corrected chi connectivity index (χ2v) is 9.04. The Bertz CT molecular complexity index is 1300. The average Bonchev–Trinajstić information content (AvgIpc) is 3.16. The number of hydrogen-bond acceptors (Lipinski definition) is 6. The van der Waals surface area contributed by atoms with Crippen molar-refractivity contribution in [1.29, 1.82) is 0 Å². The number of rotatable bonds is 4. The van der Waals surface area contributed by atoms with Gasteiger partial charge >= 0.3 is 6.18 Å².